The average Bonchev–Trinajstić information content (AvgIpc) is 3.08. The summed E-state index contributed by atoms with van der Waals surface area (Å²) in [5.41, 5.74) is 0.902. The van der Waals surface area contributed by atoms with Crippen molar-refractivity contribution in [1.82, 2.24) is 10.2 Å². The van der Waals surface area contributed by atoms with Gasteiger partial charge in [0.2, 0.25) is 11.8 Å². The van der Waals surface area contributed by atoms with E-state index in [0.29, 0.717) is 23.7 Å². The third-order valence-electron chi connectivity index (χ3n) is 7.75. The molecule has 5 rings (SSSR count). The minimum atomic E-state index is -4.44. The lowest BCUT2D eigenvalue weighted by Gasteiger charge is -2.35. The van der Waals surface area contributed by atoms with Crippen molar-refractivity contribution < 1.29 is 36.6 Å². The van der Waals surface area contributed by atoms with Gasteiger partial charge in [-0.15, -0.1) is 0 Å². The van der Waals surface area contributed by atoms with Crippen LogP contribution in [-0.4, -0.2) is 63.6 Å². The van der Waals surface area contributed by atoms with E-state index in [1.54, 1.807) is 24.3 Å². The number of fused-ring (bicyclic) bond motifs is 1. The Morgan fingerprint density at radius 3 is 2.22 bits per heavy atom. The van der Waals surface area contributed by atoms with E-state index in [2.05, 4.69) is 5.32 Å². The molecule has 0 aromatic heterocycles. The molecule has 0 saturated heterocycles. The lowest BCUT2D eigenvalue weighted by molar-refractivity contribution is -0.140. The molecule has 12 heteroatoms. The number of rotatable bonds is 12. The van der Waals surface area contributed by atoms with Crippen molar-refractivity contribution in [2.75, 3.05) is 31.2 Å². The van der Waals surface area contributed by atoms with Gasteiger partial charge in [-0.1, -0.05) is 42.5 Å². The SMILES string of the molecule is COc1cccc(CN(C(=O)CN(c2ccc(F)cc2)S(=O)(=O)c2ccc3c(c2)OCCO3)C(Cc2ccccc2)C(=O)NC(C)(C)C)c1. The lowest BCUT2D eigenvalue weighted by atomic mass is 10.0. The molecule has 0 saturated carbocycles. The number of nitrogens with one attached hydrogen (secondary N) is 1. The number of hydrogen-bond donors (Lipinski definition) is 1. The van der Waals surface area contributed by atoms with E-state index in [1.165, 1.54) is 42.3 Å². The van der Waals surface area contributed by atoms with Crippen LogP contribution in [0.1, 0.15) is 31.9 Å². The van der Waals surface area contributed by atoms with Gasteiger partial charge in [0.25, 0.3) is 10.0 Å². The van der Waals surface area contributed by atoms with Crippen LogP contribution >= 0.6 is 0 Å². The van der Waals surface area contributed by atoms with Crippen molar-refractivity contribution in [3.05, 3.63) is 114 Å². The third-order valence-corrected chi connectivity index (χ3v) is 9.52. The van der Waals surface area contributed by atoms with Gasteiger partial charge in [0.05, 0.1) is 17.7 Å². The minimum absolute atomic E-state index is 0.0353. The molecule has 4 aromatic rings. The molecule has 0 aliphatic carbocycles. The maximum atomic E-state index is 14.7. The number of methoxy groups -OCH3 is 1. The average molecular weight is 690 g/mol. The summed E-state index contributed by atoms with van der Waals surface area (Å²) >= 11 is 0. The Balaban J connectivity index is 1.59. The number of anilines is 1. The van der Waals surface area contributed by atoms with E-state index in [9.17, 15) is 22.4 Å². The summed E-state index contributed by atoms with van der Waals surface area (Å²) in [6.07, 6.45) is 0.157. The van der Waals surface area contributed by atoms with Gasteiger partial charge in [0, 0.05) is 24.6 Å². The monoisotopic (exact) mass is 689 g/mol. The molecule has 1 unspecified atom stereocenters. The van der Waals surface area contributed by atoms with Gasteiger partial charge in [-0.05, 0) is 80.4 Å². The summed E-state index contributed by atoms with van der Waals surface area (Å²) in [6.45, 7) is 5.37. The fourth-order valence-electron chi connectivity index (χ4n) is 5.42. The van der Waals surface area contributed by atoms with Gasteiger partial charge in [0.15, 0.2) is 11.5 Å². The van der Waals surface area contributed by atoms with Crippen LogP contribution in [0.25, 0.3) is 0 Å². The van der Waals surface area contributed by atoms with Crippen molar-refractivity contribution in [3.8, 4) is 17.2 Å². The number of sulfonamides is 1. The predicted molar refractivity (Wildman–Crippen MR) is 184 cm³/mol. The molecule has 2 amide bonds. The molecular weight excluding hydrogens is 649 g/mol. The Kier molecular flexibility index (Phi) is 10.8. The van der Waals surface area contributed by atoms with Crippen LogP contribution in [0.15, 0.2) is 102 Å². The first-order valence-corrected chi connectivity index (χ1v) is 17.2. The van der Waals surface area contributed by atoms with Crippen molar-refractivity contribution in [3.63, 3.8) is 0 Å². The van der Waals surface area contributed by atoms with Gasteiger partial charge in [-0.3, -0.25) is 13.9 Å². The molecule has 1 aliphatic heterocycles. The second kappa shape index (κ2) is 15.0. The van der Waals surface area contributed by atoms with Crippen molar-refractivity contribution in [2.24, 2.45) is 0 Å². The molecule has 1 heterocycles. The molecule has 1 atom stereocenters. The largest absolute Gasteiger partial charge is 0.497 e. The highest BCUT2D eigenvalue weighted by molar-refractivity contribution is 7.92. The number of halogens is 1. The highest BCUT2D eigenvalue weighted by Gasteiger charge is 2.36. The molecule has 0 bridgehead atoms. The van der Waals surface area contributed by atoms with Crippen molar-refractivity contribution >= 4 is 27.5 Å². The fourth-order valence-corrected chi connectivity index (χ4v) is 6.85. The molecule has 0 fully saturated rings. The molecule has 0 spiro atoms. The van der Waals surface area contributed by atoms with E-state index < -0.39 is 45.8 Å². The Hall–Kier alpha value is -5.10. The Labute approximate surface area is 286 Å². The van der Waals surface area contributed by atoms with Crippen LogP contribution in [0.5, 0.6) is 17.2 Å². The standard InChI is InChI=1S/C37H40FN3O7S/c1-37(2,3)39-36(43)32(22-26-9-6-5-7-10-26)40(24-27-11-8-12-30(21-27)46-4)35(42)25-41(29-15-13-28(38)14-16-29)49(44,45)31-17-18-33-34(23-31)48-20-19-47-33/h5-18,21,23,32H,19-20,22,24-25H2,1-4H3,(H,39,43). The fraction of sp³-hybridized carbons (Fsp3) is 0.297. The quantitative estimate of drug-likeness (QED) is 0.213. The zero-order valence-electron chi connectivity index (χ0n) is 27.9. The molecule has 49 heavy (non-hydrogen) atoms. The van der Waals surface area contributed by atoms with Crippen LogP contribution in [0.2, 0.25) is 0 Å². The zero-order chi connectivity index (χ0) is 35.2. The first-order chi connectivity index (χ1) is 23.3. The number of carbonyl (C=O) groups is 2. The second-order valence-corrected chi connectivity index (χ2v) is 14.5. The Bertz CT molecular complexity index is 1880. The van der Waals surface area contributed by atoms with E-state index in [0.717, 1.165) is 22.0 Å². The van der Waals surface area contributed by atoms with Gasteiger partial charge in [-0.25, -0.2) is 12.8 Å². The summed E-state index contributed by atoms with van der Waals surface area (Å²) < 4.78 is 60.3. The van der Waals surface area contributed by atoms with E-state index in [4.69, 9.17) is 14.2 Å². The molecule has 258 valence electrons. The first-order valence-electron chi connectivity index (χ1n) is 15.8. The number of ether oxygens (including phenoxy) is 3. The third kappa shape index (κ3) is 8.88. The predicted octanol–water partition coefficient (Wildman–Crippen LogP) is 5.36. The molecule has 4 aromatic carbocycles. The summed E-state index contributed by atoms with van der Waals surface area (Å²) in [4.78, 5) is 29.9. The highest BCUT2D eigenvalue weighted by atomic mass is 32.2. The number of amides is 2. The zero-order valence-corrected chi connectivity index (χ0v) is 28.7. The van der Waals surface area contributed by atoms with Crippen molar-refractivity contribution in [2.45, 2.75) is 50.2 Å². The van der Waals surface area contributed by atoms with Crippen LogP contribution in [0, 0.1) is 5.82 Å². The maximum absolute atomic E-state index is 14.7. The highest BCUT2D eigenvalue weighted by Crippen LogP contribution is 2.34. The molecule has 1 aliphatic rings. The first kappa shape index (κ1) is 35.2. The molecule has 10 nitrogen and oxygen atoms in total. The van der Waals surface area contributed by atoms with E-state index in [-0.39, 0.29) is 35.9 Å². The normalized spacial score (nSPS) is 13.2. The van der Waals surface area contributed by atoms with Crippen LogP contribution in [0.3, 0.4) is 0 Å². The van der Waals surface area contributed by atoms with Crippen LogP contribution in [0.4, 0.5) is 10.1 Å². The number of benzene rings is 4. The van der Waals surface area contributed by atoms with Crippen LogP contribution in [-0.2, 0) is 32.6 Å². The summed E-state index contributed by atoms with van der Waals surface area (Å²) in [6, 6.07) is 24.4. The van der Waals surface area contributed by atoms with Gasteiger partial charge >= 0.3 is 0 Å². The summed E-state index contributed by atoms with van der Waals surface area (Å²) in [5.74, 6) is -0.438. The van der Waals surface area contributed by atoms with E-state index >= 15 is 0 Å². The van der Waals surface area contributed by atoms with Crippen molar-refractivity contribution in [1.29, 1.82) is 0 Å². The Morgan fingerprint density at radius 1 is 0.878 bits per heavy atom. The minimum Gasteiger partial charge on any atom is -0.497 e. The molecule has 0 radical (unpaired) electrons. The number of carbonyl (C=O) groups excluding carboxylic acids is 2. The summed E-state index contributed by atoms with van der Waals surface area (Å²) in [7, 11) is -2.91. The second-order valence-electron chi connectivity index (χ2n) is 12.6. The summed E-state index contributed by atoms with van der Waals surface area (Å²) in [5, 5.41) is 3.00. The van der Waals surface area contributed by atoms with Gasteiger partial charge in [0.1, 0.15) is 37.4 Å². The topological polar surface area (TPSA) is 114 Å². The maximum Gasteiger partial charge on any atom is 0.264 e. The van der Waals surface area contributed by atoms with Gasteiger partial charge < -0.3 is 24.4 Å². The van der Waals surface area contributed by atoms with E-state index in [1.807, 2.05) is 51.1 Å². The smallest absolute Gasteiger partial charge is 0.264 e. The lowest BCUT2D eigenvalue weighted by Crippen LogP contribution is -2.56. The Morgan fingerprint density at radius 2 is 1.55 bits per heavy atom. The van der Waals surface area contributed by atoms with Gasteiger partial charge in [-0.2, -0.15) is 0 Å². The number of hydrogen-bond acceptors (Lipinski definition) is 7. The molecule has 1 N–H and O–H groups in total. The molecular formula is C37H40FN3O7S. The number of nitrogens with zero attached hydrogens (tertiary/aromatic N) is 2. The van der Waals surface area contributed by atoms with Crippen LogP contribution < -0.4 is 23.8 Å².